The lowest BCUT2D eigenvalue weighted by molar-refractivity contribution is 0.0938. The van der Waals surface area contributed by atoms with Crippen LogP contribution in [0.4, 0.5) is 0 Å². The summed E-state index contributed by atoms with van der Waals surface area (Å²) in [5.74, 6) is 2.51. The van der Waals surface area contributed by atoms with Gasteiger partial charge in [-0.2, -0.15) is 0 Å². The maximum Gasteiger partial charge on any atom is 0.255 e. The van der Waals surface area contributed by atoms with Gasteiger partial charge in [0.15, 0.2) is 0 Å². The summed E-state index contributed by atoms with van der Waals surface area (Å²) in [4.78, 5) is 11.8. The summed E-state index contributed by atoms with van der Waals surface area (Å²) in [6.45, 7) is 1.80. The van der Waals surface area contributed by atoms with Gasteiger partial charge in [0.25, 0.3) is 5.91 Å². The predicted octanol–water partition coefficient (Wildman–Crippen LogP) is 1.54. The van der Waals surface area contributed by atoms with Crippen molar-refractivity contribution >= 4 is 5.91 Å². The number of hydrogen-bond acceptors (Lipinski definition) is 3. The molecule has 0 heterocycles. The van der Waals surface area contributed by atoms with Gasteiger partial charge in [0.05, 0.1) is 12.7 Å². The summed E-state index contributed by atoms with van der Waals surface area (Å²) < 4.78 is 4.99. The molecule has 0 spiro atoms. The van der Waals surface area contributed by atoms with E-state index >= 15 is 0 Å². The summed E-state index contributed by atoms with van der Waals surface area (Å²) in [6, 6.07) is 4.34. The minimum atomic E-state index is -0.371. The van der Waals surface area contributed by atoms with Crippen LogP contribution in [0.15, 0.2) is 18.2 Å². The second-order valence-electron chi connectivity index (χ2n) is 3.67. The van der Waals surface area contributed by atoms with Crippen LogP contribution in [-0.4, -0.2) is 24.2 Å². The van der Waals surface area contributed by atoms with Gasteiger partial charge in [-0.25, -0.2) is 0 Å². The van der Waals surface area contributed by atoms with Crippen molar-refractivity contribution in [3.05, 3.63) is 23.8 Å². The predicted molar refractivity (Wildman–Crippen MR) is 65.0 cm³/mol. The van der Waals surface area contributed by atoms with Gasteiger partial charge in [0.2, 0.25) is 0 Å². The van der Waals surface area contributed by atoms with E-state index in [1.807, 2.05) is 0 Å². The molecule has 1 rings (SSSR count). The standard InChI is InChI=1S/C13H15NO3/c1-4-5-9(2)14-13(16)11-8-10(17-3)6-7-12(11)15/h1,6-9,15H,5H2,2-3H3,(H,14,16). The van der Waals surface area contributed by atoms with Crippen molar-refractivity contribution in [2.75, 3.05) is 7.11 Å². The molecule has 1 aromatic rings. The number of phenols is 1. The zero-order valence-corrected chi connectivity index (χ0v) is 9.86. The summed E-state index contributed by atoms with van der Waals surface area (Å²) in [5, 5.41) is 12.3. The highest BCUT2D eigenvalue weighted by Crippen LogP contribution is 2.22. The van der Waals surface area contributed by atoms with Crippen molar-refractivity contribution in [1.29, 1.82) is 0 Å². The van der Waals surface area contributed by atoms with Crippen molar-refractivity contribution in [3.8, 4) is 23.8 Å². The van der Waals surface area contributed by atoms with Crippen LogP contribution >= 0.6 is 0 Å². The second-order valence-corrected chi connectivity index (χ2v) is 3.67. The quantitative estimate of drug-likeness (QED) is 0.775. The van der Waals surface area contributed by atoms with Gasteiger partial charge < -0.3 is 15.2 Å². The monoisotopic (exact) mass is 233 g/mol. The number of rotatable bonds is 4. The number of carbonyl (C=O) groups is 1. The van der Waals surface area contributed by atoms with Crippen LogP contribution in [0.5, 0.6) is 11.5 Å². The number of hydrogen-bond donors (Lipinski definition) is 2. The molecule has 1 atom stereocenters. The number of ether oxygens (including phenoxy) is 1. The maximum absolute atomic E-state index is 11.8. The molecule has 0 aliphatic rings. The van der Waals surface area contributed by atoms with Crippen LogP contribution in [0.25, 0.3) is 0 Å². The van der Waals surface area contributed by atoms with E-state index in [2.05, 4.69) is 11.2 Å². The molecule has 0 saturated heterocycles. The summed E-state index contributed by atoms with van der Waals surface area (Å²) in [6.07, 6.45) is 5.59. The molecular formula is C13H15NO3. The Morgan fingerprint density at radius 2 is 2.35 bits per heavy atom. The molecule has 4 nitrogen and oxygen atoms in total. The molecule has 0 fully saturated rings. The number of terminal acetylenes is 1. The maximum atomic E-state index is 11.8. The Morgan fingerprint density at radius 3 is 2.94 bits per heavy atom. The van der Waals surface area contributed by atoms with Crippen LogP contribution in [0.2, 0.25) is 0 Å². The number of phenolic OH excluding ortho intramolecular Hbond substituents is 1. The SMILES string of the molecule is C#CCC(C)NC(=O)c1cc(OC)ccc1O. The third-order valence-electron chi connectivity index (χ3n) is 2.25. The first-order valence-corrected chi connectivity index (χ1v) is 5.19. The minimum Gasteiger partial charge on any atom is -0.507 e. The van der Waals surface area contributed by atoms with Crippen LogP contribution in [0.3, 0.4) is 0 Å². The van der Waals surface area contributed by atoms with E-state index < -0.39 is 0 Å². The first-order chi connectivity index (χ1) is 8.08. The van der Waals surface area contributed by atoms with Gasteiger partial charge in [-0.3, -0.25) is 4.79 Å². The van der Waals surface area contributed by atoms with Crippen molar-refractivity contribution in [2.24, 2.45) is 0 Å². The molecule has 1 unspecified atom stereocenters. The lowest BCUT2D eigenvalue weighted by Gasteiger charge is -2.12. The second kappa shape index (κ2) is 5.80. The van der Waals surface area contributed by atoms with Crippen molar-refractivity contribution < 1.29 is 14.6 Å². The number of aromatic hydroxyl groups is 1. The Labute approximate surface area is 101 Å². The zero-order valence-electron chi connectivity index (χ0n) is 9.86. The Bertz CT molecular complexity index is 448. The first-order valence-electron chi connectivity index (χ1n) is 5.19. The van der Waals surface area contributed by atoms with Gasteiger partial charge in [0.1, 0.15) is 11.5 Å². The molecule has 1 amide bonds. The molecule has 0 bridgehead atoms. The molecule has 17 heavy (non-hydrogen) atoms. The van der Waals surface area contributed by atoms with Gasteiger partial charge >= 0.3 is 0 Å². The van der Waals surface area contributed by atoms with Gasteiger partial charge in [0, 0.05) is 12.5 Å². The summed E-state index contributed by atoms with van der Waals surface area (Å²) in [5.41, 5.74) is 0.174. The molecule has 0 radical (unpaired) electrons. The highest BCUT2D eigenvalue weighted by molar-refractivity contribution is 5.97. The topological polar surface area (TPSA) is 58.6 Å². The van der Waals surface area contributed by atoms with Crippen molar-refractivity contribution in [3.63, 3.8) is 0 Å². The van der Waals surface area contributed by atoms with Crippen molar-refractivity contribution in [1.82, 2.24) is 5.32 Å². The van der Waals surface area contributed by atoms with Crippen LogP contribution in [0.1, 0.15) is 23.7 Å². The van der Waals surface area contributed by atoms with Crippen LogP contribution < -0.4 is 10.1 Å². The minimum absolute atomic E-state index is 0.0868. The molecular weight excluding hydrogens is 218 g/mol. The van der Waals surface area contributed by atoms with Crippen LogP contribution in [-0.2, 0) is 0 Å². The lowest BCUT2D eigenvalue weighted by Crippen LogP contribution is -2.32. The number of carbonyl (C=O) groups excluding carboxylic acids is 1. The fourth-order valence-electron chi connectivity index (χ4n) is 1.35. The number of amides is 1. The third-order valence-corrected chi connectivity index (χ3v) is 2.25. The van der Waals surface area contributed by atoms with E-state index in [0.717, 1.165) is 0 Å². The normalized spacial score (nSPS) is 11.4. The summed E-state index contributed by atoms with van der Waals surface area (Å²) in [7, 11) is 1.50. The highest BCUT2D eigenvalue weighted by atomic mass is 16.5. The highest BCUT2D eigenvalue weighted by Gasteiger charge is 2.14. The van der Waals surface area contributed by atoms with Gasteiger partial charge in [-0.15, -0.1) is 12.3 Å². The third kappa shape index (κ3) is 3.42. The molecule has 0 aliphatic heterocycles. The first kappa shape index (κ1) is 12.9. The average molecular weight is 233 g/mol. The molecule has 0 aromatic heterocycles. The fraction of sp³-hybridized carbons (Fsp3) is 0.308. The summed E-state index contributed by atoms with van der Waals surface area (Å²) >= 11 is 0. The zero-order chi connectivity index (χ0) is 12.8. The molecule has 0 saturated carbocycles. The van der Waals surface area contributed by atoms with Gasteiger partial charge in [-0.05, 0) is 25.1 Å². The Morgan fingerprint density at radius 1 is 1.65 bits per heavy atom. The average Bonchev–Trinajstić information content (AvgIpc) is 2.29. The Hall–Kier alpha value is -2.15. The van der Waals surface area contributed by atoms with E-state index in [9.17, 15) is 9.90 Å². The molecule has 0 aliphatic carbocycles. The van der Waals surface area contributed by atoms with E-state index in [0.29, 0.717) is 12.2 Å². The number of methoxy groups -OCH3 is 1. The largest absolute Gasteiger partial charge is 0.507 e. The molecule has 90 valence electrons. The van der Waals surface area contributed by atoms with E-state index in [-0.39, 0.29) is 23.3 Å². The van der Waals surface area contributed by atoms with E-state index in [1.54, 1.807) is 13.0 Å². The van der Waals surface area contributed by atoms with E-state index in [1.165, 1.54) is 19.2 Å². The number of benzene rings is 1. The number of nitrogens with one attached hydrogen (secondary N) is 1. The molecule has 4 heteroatoms. The smallest absolute Gasteiger partial charge is 0.255 e. The Balaban J connectivity index is 2.85. The van der Waals surface area contributed by atoms with Gasteiger partial charge in [-0.1, -0.05) is 0 Å². The van der Waals surface area contributed by atoms with E-state index in [4.69, 9.17) is 11.2 Å². The Kier molecular flexibility index (Phi) is 4.41. The molecule has 1 aromatic carbocycles. The molecule has 2 N–H and O–H groups in total. The van der Waals surface area contributed by atoms with Crippen molar-refractivity contribution in [2.45, 2.75) is 19.4 Å². The lowest BCUT2D eigenvalue weighted by atomic mass is 10.1. The fourth-order valence-corrected chi connectivity index (χ4v) is 1.35. The van der Waals surface area contributed by atoms with Crippen LogP contribution in [0, 0.1) is 12.3 Å².